The van der Waals surface area contributed by atoms with Crippen molar-refractivity contribution in [2.24, 2.45) is 0 Å². The van der Waals surface area contributed by atoms with Gasteiger partial charge in [-0.3, -0.25) is 4.79 Å². The van der Waals surface area contributed by atoms with Gasteiger partial charge in [0.2, 0.25) is 5.69 Å². The van der Waals surface area contributed by atoms with Crippen molar-refractivity contribution in [1.82, 2.24) is 10.3 Å². The van der Waals surface area contributed by atoms with Crippen LogP contribution in [0.5, 0.6) is 0 Å². The van der Waals surface area contributed by atoms with Crippen molar-refractivity contribution in [2.75, 3.05) is 0 Å². The van der Waals surface area contributed by atoms with Crippen molar-refractivity contribution in [1.29, 1.82) is 0 Å². The first-order valence-corrected chi connectivity index (χ1v) is 9.18. The maximum Gasteiger partial charge on any atom is 0.295 e. The second-order valence-electron chi connectivity index (χ2n) is 6.12. The third-order valence-corrected chi connectivity index (χ3v) is 4.78. The van der Waals surface area contributed by atoms with Crippen molar-refractivity contribution < 1.29 is 9.20 Å². The maximum atomic E-state index is 12.8. The lowest BCUT2D eigenvalue weighted by Crippen LogP contribution is -2.25. The fourth-order valence-corrected chi connectivity index (χ4v) is 3.29. The molecule has 0 aliphatic heterocycles. The van der Waals surface area contributed by atoms with Crippen LogP contribution in [-0.4, -0.2) is 10.9 Å². The van der Waals surface area contributed by atoms with Gasteiger partial charge in [-0.15, -0.1) is 0 Å². The van der Waals surface area contributed by atoms with E-state index in [4.69, 9.17) is 23.2 Å². The zero-order chi connectivity index (χ0) is 18.8. The first-order valence-electron chi connectivity index (χ1n) is 8.43. The number of carbonyl (C=O) groups is 1. The molecule has 4 aromatic rings. The fourth-order valence-electron chi connectivity index (χ4n) is 2.98. The largest absolute Gasteiger partial charge is 0.345 e. The Morgan fingerprint density at radius 1 is 0.963 bits per heavy atom. The van der Waals surface area contributed by atoms with Gasteiger partial charge in [-0.2, -0.15) is 4.40 Å². The van der Waals surface area contributed by atoms with Crippen LogP contribution in [0, 0.1) is 0 Å². The maximum absolute atomic E-state index is 12.8. The van der Waals surface area contributed by atoms with E-state index >= 15 is 0 Å². The molecule has 0 radical (unpaired) electrons. The first kappa shape index (κ1) is 17.6. The van der Waals surface area contributed by atoms with Crippen molar-refractivity contribution >= 4 is 34.6 Å². The van der Waals surface area contributed by atoms with Crippen LogP contribution in [0.15, 0.2) is 72.9 Å². The van der Waals surface area contributed by atoms with E-state index in [0.29, 0.717) is 22.3 Å². The number of nitrogens with one attached hydrogen (secondary N) is 2. The Morgan fingerprint density at radius 2 is 1.78 bits per heavy atom. The van der Waals surface area contributed by atoms with Crippen LogP contribution in [0.3, 0.4) is 0 Å². The Balaban J connectivity index is 1.67. The average Bonchev–Trinajstić information content (AvgIpc) is 3.07. The highest BCUT2D eigenvalue weighted by Crippen LogP contribution is 2.21. The Labute approximate surface area is 166 Å². The highest BCUT2D eigenvalue weighted by atomic mass is 35.5. The standard InChI is InChI=1S/C21H15Cl2N3O/c22-16-9-7-14(8-10-16)13-24-21(27)19-18-6-1-2-11-26(18)20(25-19)15-4-3-5-17(23)12-15/h1-12H,13H2,(H,24,27)/p+1. The molecule has 2 heterocycles. The second-order valence-corrected chi connectivity index (χ2v) is 7.00. The van der Waals surface area contributed by atoms with E-state index < -0.39 is 0 Å². The molecule has 0 saturated carbocycles. The first-order chi connectivity index (χ1) is 13.1. The molecule has 0 aliphatic carbocycles. The van der Waals surface area contributed by atoms with E-state index in [9.17, 15) is 4.79 Å². The molecule has 0 saturated heterocycles. The number of rotatable bonds is 4. The number of hydrogen-bond donors (Lipinski definition) is 2. The van der Waals surface area contributed by atoms with E-state index in [-0.39, 0.29) is 5.91 Å². The quantitative estimate of drug-likeness (QED) is 0.484. The van der Waals surface area contributed by atoms with Crippen molar-refractivity contribution in [3.8, 4) is 11.4 Å². The Morgan fingerprint density at radius 3 is 2.56 bits per heavy atom. The van der Waals surface area contributed by atoms with Crippen LogP contribution in [0.4, 0.5) is 0 Å². The van der Waals surface area contributed by atoms with E-state index in [1.165, 1.54) is 0 Å². The highest BCUT2D eigenvalue weighted by Gasteiger charge is 2.24. The lowest BCUT2D eigenvalue weighted by molar-refractivity contribution is -0.498. The zero-order valence-corrected chi connectivity index (χ0v) is 15.8. The minimum absolute atomic E-state index is 0.179. The Hall–Kier alpha value is -2.82. The van der Waals surface area contributed by atoms with Gasteiger partial charge in [0.15, 0.2) is 5.52 Å². The monoisotopic (exact) mass is 396 g/mol. The number of imidazole rings is 1. The van der Waals surface area contributed by atoms with E-state index in [1.807, 2.05) is 65.2 Å². The molecule has 2 N–H and O–H groups in total. The molecule has 6 heteroatoms. The SMILES string of the molecule is O=C(NCc1ccc(Cl)cc1)c1[nH]c(-c2cccc(Cl)c2)[n+]2ccccc12. The molecule has 0 atom stereocenters. The van der Waals surface area contributed by atoms with Crippen molar-refractivity contribution in [3.63, 3.8) is 0 Å². The van der Waals surface area contributed by atoms with Gasteiger partial charge in [0.1, 0.15) is 0 Å². The van der Waals surface area contributed by atoms with Crippen molar-refractivity contribution in [3.05, 3.63) is 94.2 Å². The smallest absolute Gasteiger partial charge is 0.295 e. The molecule has 0 fully saturated rings. The summed E-state index contributed by atoms with van der Waals surface area (Å²) in [7, 11) is 0. The van der Waals surface area contributed by atoms with E-state index in [1.54, 1.807) is 12.1 Å². The molecule has 0 spiro atoms. The lowest BCUT2D eigenvalue weighted by Gasteiger charge is -2.02. The minimum atomic E-state index is -0.179. The molecule has 4 rings (SSSR count). The third kappa shape index (κ3) is 3.68. The van der Waals surface area contributed by atoms with Gasteiger partial charge >= 0.3 is 0 Å². The van der Waals surface area contributed by atoms with Crippen molar-refractivity contribution in [2.45, 2.75) is 6.54 Å². The number of hydrogen-bond acceptors (Lipinski definition) is 1. The van der Waals surface area contributed by atoms with Gasteiger partial charge < -0.3 is 5.32 Å². The lowest BCUT2D eigenvalue weighted by atomic mass is 10.2. The molecule has 0 unspecified atom stereocenters. The third-order valence-electron chi connectivity index (χ3n) is 4.29. The number of aromatic nitrogens is 2. The predicted octanol–water partition coefficient (Wildman–Crippen LogP) is 4.66. The van der Waals surface area contributed by atoms with E-state index in [0.717, 1.165) is 22.5 Å². The van der Waals surface area contributed by atoms with Crippen LogP contribution >= 0.6 is 23.2 Å². The van der Waals surface area contributed by atoms with Crippen LogP contribution in [0.25, 0.3) is 16.9 Å². The topological polar surface area (TPSA) is 49.0 Å². The van der Waals surface area contributed by atoms with Gasteiger partial charge in [0.25, 0.3) is 11.7 Å². The second kappa shape index (κ2) is 7.43. The molecule has 2 aromatic heterocycles. The zero-order valence-electron chi connectivity index (χ0n) is 14.2. The molecule has 4 nitrogen and oxygen atoms in total. The molecule has 1 amide bonds. The van der Waals surface area contributed by atoms with Crippen LogP contribution < -0.4 is 9.72 Å². The van der Waals surface area contributed by atoms with Gasteiger partial charge in [0, 0.05) is 16.6 Å². The van der Waals surface area contributed by atoms with Gasteiger partial charge in [-0.05, 0) is 48.0 Å². The number of aromatic amines is 1. The Kier molecular flexibility index (Phi) is 4.84. The number of amides is 1. The minimum Gasteiger partial charge on any atom is -0.345 e. The summed E-state index contributed by atoms with van der Waals surface area (Å²) in [6.07, 6.45) is 1.91. The number of H-pyrrole nitrogens is 1. The summed E-state index contributed by atoms with van der Waals surface area (Å²) >= 11 is 12.0. The van der Waals surface area contributed by atoms with Crippen LogP contribution in [-0.2, 0) is 6.54 Å². The molecule has 134 valence electrons. The number of nitrogens with zero attached hydrogens (tertiary/aromatic N) is 1. The number of carbonyl (C=O) groups excluding carboxylic acids is 1. The molecular formula is C21H16Cl2N3O+. The fraction of sp³-hybridized carbons (Fsp3) is 0.0476. The molecule has 27 heavy (non-hydrogen) atoms. The van der Waals surface area contributed by atoms with Gasteiger partial charge in [0.05, 0.1) is 11.8 Å². The average molecular weight is 397 g/mol. The molecule has 2 aromatic carbocycles. The number of pyridine rings is 1. The molecular weight excluding hydrogens is 381 g/mol. The summed E-state index contributed by atoms with van der Waals surface area (Å²) in [6, 6.07) is 20.6. The molecule has 0 bridgehead atoms. The molecule has 0 aliphatic rings. The normalized spacial score (nSPS) is 10.9. The van der Waals surface area contributed by atoms with Gasteiger partial charge in [-0.1, -0.05) is 47.5 Å². The summed E-state index contributed by atoms with van der Waals surface area (Å²) in [5.41, 5.74) is 3.17. The van der Waals surface area contributed by atoms with Gasteiger partial charge in [-0.25, -0.2) is 4.98 Å². The number of benzene rings is 2. The Bertz CT molecular complexity index is 1120. The summed E-state index contributed by atoms with van der Waals surface area (Å²) in [5, 5.41) is 4.26. The summed E-state index contributed by atoms with van der Waals surface area (Å²) < 4.78 is 1.95. The highest BCUT2D eigenvalue weighted by molar-refractivity contribution is 6.31. The van der Waals surface area contributed by atoms with E-state index in [2.05, 4.69) is 10.3 Å². The summed E-state index contributed by atoms with van der Waals surface area (Å²) in [6.45, 7) is 0.417. The number of fused-ring (bicyclic) bond motifs is 1. The van der Waals surface area contributed by atoms with Crippen LogP contribution in [0.2, 0.25) is 10.0 Å². The summed E-state index contributed by atoms with van der Waals surface area (Å²) in [4.78, 5) is 16.1. The predicted molar refractivity (Wildman–Crippen MR) is 107 cm³/mol. The van der Waals surface area contributed by atoms with Crippen LogP contribution in [0.1, 0.15) is 16.1 Å². The summed E-state index contributed by atoms with van der Waals surface area (Å²) in [5.74, 6) is 0.617. The number of halogens is 2.